The summed E-state index contributed by atoms with van der Waals surface area (Å²) in [5.74, 6) is 0. The molecule has 9 aromatic carbocycles. The van der Waals surface area contributed by atoms with E-state index in [1.54, 1.807) is 0 Å². The van der Waals surface area contributed by atoms with Crippen molar-refractivity contribution in [1.82, 2.24) is 0 Å². The first-order chi connectivity index (χ1) is 29.4. The van der Waals surface area contributed by atoms with Crippen molar-refractivity contribution in [2.75, 3.05) is 14.7 Å². The quantitative estimate of drug-likeness (QED) is 0.145. The van der Waals surface area contributed by atoms with Gasteiger partial charge >= 0.3 is 0 Å². The zero-order chi connectivity index (χ0) is 40.8. The molecule has 0 bridgehead atoms. The van der Waals surface area contributed by atoms with E-state index in [9.17, 15) is 0 Å². The zero-order valence-corrected chi connectivity index (χ0v) is 34.5. The molecule has 3 heteroatoms. The van der Waals surface area contributed by atoms with Crippen LogP contribution in [0.25, 0.3) is 21.9 Å². The van der Waals surface area contributed by atoms with Crippen LogP contribution >= 0.6 is 0 Å². The Labute approximate surface area is 354 Å². The zero-order valence-electron chi connectivity index (χ0n) is 34.5. The molecule has 3 nitrogen and oxygen atoms in total. The normalized spacial score (nSPS) is 12.5. The van der Waals surface area contributed by atoms with Crippen LogP contribution in [-0.4, -0.2) is 0 Å². The third kappa shape index (κ3) is 6.22. The van der Waals surface area contributed by atoms with Gasteiger partial charge in [-0.3, -0.25) is 0 Å². The highest BCUT2D eigenvalue weighted by atomic mass is 15.2. The van der Waals surface area contributed by atoms with Gasteiger partial charge in [-0.1, -0.05) is 135 Å². The molecule has 0 saturated carbocycles. The minimum Gasteiger partial charge on any atom is -0.310 e. The number of nitrogens with zero attached hydrogens (tertiary/aromatic N) is 3. The monoisotopic (exact) mass is 773 g/mol. The smallest absolute Gasteiger partial charge is 0.0511 e. The van der Waals surface area contributed by atoms with Gasteiger partial charge in [-0.2, -0.15) is 0 Å². The Kier molecular flexibility index (Phi) is 9.30. The second-order valence-electron chi connectivity index (χ2n) is 16.3. The fraction of sp³-hybridized carbons (Fsp3) is 0.0877. The molecule has 0 atom stereocenters. The van der Waals surface area contributed by atoms with Gasteiger partial charge in [-0.25, -0.2) is 0 Å². The summed E-state index contributed by atoms with van der Waals surface area (Å²) in [4.78, 5) is 7.31. The van der Waals surface area contributed by atoms with Crippen molar-refractivity contribution in [2.45, 2.75) is 33.1 Å². The molecule has 0 amide bonds. The van der Waals surface area contributed by atoms with E-state index in [0.29, 0.717) is 0 Å². The third-order valence-corrected chi connectivity index (χ3v) is 12.3. The number of fused-ring (bicyclic) bond motifs is 4. The van der Waals surface area contributed by atoms with Crippen molar-refractivity contribution in [1.29, 1.82) is 0 Å². The number of rotatable bonds is 9. The van der Waals surface area contributed by atoms with Crippen molar-refractivity contribution in [3.05, 3.63) is 235 Å². The van der Waals surface area contributed by atoms with E-state index >= 15 is 0 Å². The summed E-state index contributed by atoms with van der Waals surface area (Å²) >= 11 is 0. The van der Waals surface area contributed by atoms with Crippen molar-refractivity contribution >= 4 is 62.0 Å². The molecule has 0 saturated heterocycles. The third-order valence-electron chi connectivity index (χ3n) is 12.3. The van der Waals surface area contributed by atoms with Crippen molar-refractivity contribution in [3.8, 4) is 11.1 Å². The van der Waals surface area contributed by atoms with Crippen LogP contribution in [0.5, 0.6) is 0 Å². The summed E-state index contributed by atoms with van der Waals surface area (Å²) < 4.78 is 0. The molecule has 10 rings (SSSR count). The van der Waals surface area contributed by atoms with E-state index in [1.807, 2.05) is 0 Å². The molecule has 0 aromatic heterocycles. The largest absolute Gasteiger partial charge is 0.310 e. The lowest BCUT2D eigenvalue weighted by Gasteiger charge is -2.36. The van der Waals surface area contributed by atoms with Crippen LogP contribution in [0.15, 0.2) is 212 Å². The summed E-state index contributed by atoms with van der Waals surface area (Å²) in [6.07, 6.45) is 0. The lowest BCUT2D eigenvalue weighted by Crippen LogP contribution is -2.22. The molecular weight excluding hydrogens is 727 g/mol. The summed E-state index contributed by atoms with van der Waals surface area (Å²) in [5, 5.41) is 2.53. The predicted octanol–water partition coefficient (Wildman–Crippen LogP) is 16.2. The van der Waals surface area contributed by atoms with Crippen molar-refractivity contribution < 1.29 is 0 Å². The SMILES string of the molecule is Cc1c(N(c2ccccc2)c2ccccc2)cccc1N(c1cccc(N(c2ccccc2)c2ccccc2)c1C)c1cccc2c1C(C)(C)c1cc3ccccc3cc1-2. The highest BCUT2D eigenvalue weighted by molar-refractivity contribution is 5.98. The summed E-state index contributed by atoms with van der Waals surface area (Å²) in [7, 11) is 0. The molecule has 9 aromatic rings. The van der Waals surface area contributed by atoms with Crippen LogP contribution in [0.2, 0.25) is 0 Å². The molecule has 290 valence electrons. The van der Waals surface area contributed by atoms with E-state index < -0.39 is 0 Å². The minimum absolute atomic E-state index is 0.277. The molecule has 0 heterocycles. The fourth-order valence-electron chi connectivity index (χ4n) is 9.47. The topological polar surface area (TPSA) is 9.72 Å². The first-order valence-electron chi connectivity index (χ1n) is 20.9. The molecule has 0 radical (unpaired) electrons. The molecular formula is C57H47N3. The average Bonchev–Trinajstić information content (AvgIpc) is 3.52. The van der Waals surface area contributed by atoms with Crippen LogP contribution in [0.1, 0.15) is 36.1 Å². The second kappa shape index (κ2) is 15.1. The summed E-state index contributed by atoms with van der Waals surface area (Å²) in [5.41, 5.74) is 17.5. The molecule has 60 heavy (non-hydrogen) atoms. The van der Waals surface area contributed by atoms with Gasteiger partial charge in [0.25, 0.3) is 0 Å². The number of para-hydroxylation sites is 4. The molecule has 0 N–H and O–H groups in total. The first kappa shape index (κ1) is 36.9. The maximum Gasteiger partial charge on any atom is 0.0511 e. The maximum atomic E-state index is 2.55. The van der Waals surface area contributed by atoms with Crippen LogP contribution in [0, 0.1) is 13.8 Å². The maximum absolute atomic E-state index is 2.55. The Morgan fingerprint density at radius 2 is 0.667 bits per heavy atom. The molecule has 1 aliphatic rings. The highest BCUT2D eigenvalue weighted by Crippen LogP contribution is 2.56. The average molecular weight is 774 g/mol. The van der Waals surface area contributed by atoms with Gasteiger partial charge in [-0.05, 0) is 149 Å². The van der Waals surface area contributed by atoms with Crippen molar-refractivity contribution in [3.63, 3.8) is 0 Å². The lowest BCUT2D eigenvalue weighted by atomic mass is 9.80. The standard InChI is InChI=1S/C57H47N3/c1-40-51(58(44-24-9-5-10-25-44)45-26-11-6-12-27-45)33-20-35-53(40)60(54-36-21-34-52(41(54)2)59(46-28-13-7-14-29-46)47-30-15-8-16-31-47)55-37-19-32-48-49-38-42-22-17-18-23-43(42)39-50(49)57(3,4)56(48)55/h5-39H,1-4H3. The first-order valence-corrected chi connectivity index (χ1v) is 20.9. The minimum atomic E-state index is -0.277. The molecule has 0 unspecified atom stereocenters. The van der Waals surface area contributed by atoms with E-state index in [0.717, 1.165) is 45.5 Å². The van der Waals surface area contributed by atoms with Gasteiger partial charge in [-0.15, -0.1) is 0 Å². The second-order valence-corrected chi connectivity index (χ2v) is 16.3. The molecule has 1 aliphatic carbocycles. The molecule has 0 fully saturated rings. The number of benzene rings is 9. The molecule has 0 aliphatic heterocycles. The van der Waals surface area contributed by atoms with Gasteiger partial charge in [0, 0.05) is 28.2 Å². The number of hydrogen-bond donors (Lipinski definition) is 0. The number of hydrogen-bond acceptors (Lipinski definition) is 3. The Morgan fingerprint density at radius 1 is 0.317 bits per heavy atom. The predicted molar refractivity (Wildman–Crippen MR) is 255 cm³/mol. The van der Waals surface area contributed by atoms with E-state index in [1.165, 1.54) is 49.8 Å². The van der Waals surface area contributed by atoms with Crippen LogP contribution in [0.4, 0.5) is 51.2 Å². The van der Waals surface area contributed by atoms with Gasteiger partial charge < -0.3 is 14.7 Å². The Hall–Kier alpha value is -7.36. The Balaban J connectivity index is 1.24. The van der Waals surface area contributed by atoms with Gasteiger partial charge in [0.05, 0.1) is 28.4 Å². The lowest BCUT2D eigenvalue weighted by molar-refractivity contribution is 0.661. The van der Waals surface area contributed by atoms with Crippen LogP contribution in [0.3, 0.4) is 0 Å². The fourth-order valence-corrected chi connectivity index (χ4v) is 9.47. The summed E-state index contributed by atoms with van der Waals surface area (Å²) in [6, 6.07) is 76.9. The Morgan fingerprint density at radius 3 is 1.10 bits per heavy atom. The van der Waals surface area contributed by atoms with Gasteiger partial charge in [0.15, 0.2) is 0 Å². The summed E-state index contributed by atoms with van der Waals surface area (Å²) in [6.45, 7) is 9.37. The molecule has 0 spiro atoms. The van der Waals surface area contributed by atoms with Gasteiger partial charge in [0.1, 0.15) is 0 Å². The Bertz CT molecular complexity index is 2760. The van der Waals surface area contributed by atoms with Gasteiger partial charge in [0.2, 0.25) is 0 Å². The number of anilines is 9. The van der Waals surface area contributed by atoms with Crippen LogP contribution in [-0.2, 0) is 5.41 Å². The van der Waals surface area contributed by atoms with E-state index in [2.05, 4.69) is 255 Å². The van der Waals surface area contributed by atoms with Crippen molar-refractivity contribution in [2.24, 2.45) is 0 Å². The highest BCUT2D eigenvalue weighted by Gasteiger charge is 2.40. The van der Waals surface area contributed by atoms with Crippen LogP contribution < -0.4 is 14.7 Å². The van der Waals surface area contributed by atoms with E-state index in [4.69, 9.17) is 0 Å². The van der Waals surface area contributed by atoms with E-state index in [-0.39, 0.29) is 5.41 Å².